The van der Waals surface area contributed by atoms with Crippen molar-refractivity contribution in [2.45, 2.75) is 25.0 Å². The van der Waals surface area contributed by atoms with Crippen LogP contribution in [0.15, 0.2) is 61.3 Å². The molecule has 3 fully saturated rings. The van der Waals surface area contributed by atoms with Crippen molar-refractivity contribution in [2.75, 3.05) is 18.0 Å². The summed E-state index contributed by atoms with van der Waals surface area (Å²) in [6, 6.07) is 14.0. The van der Waals surface area contributed by atoms with Crippen molar-refractivity contribution >= 4 is 27.8 Å². The highest BCUT2D eigenvalue weighted by Crippen LogP contribution is 2.36. The zero-order chi connectivity index (χ0) is 21.1. The summed E-state index contributed by atoms with van der Waals surface area (Å²) in [7, 11) is 0. The van der Waals surface area contributed by atoms with Gasteiger partial charge in [-0.2, -0.15) is 5.10 Å². The number of aromatic amines is 2. The van der Waals surface area contributed by atoms with Crippen molar-refractivity contribution < 1.29 is 0 Å². The fraction of sp³-hybridized carbons (Fsp3) is 0.250. The molecule has 0 amide bonds. The number of fused-ring (bicyclic) bond motifs is 4. The van der Waals surface area contributed by atoms with Crippen LogP contribution >= 0.6 is 0 Å². The van der Waals surface area contributed by atoms with Crippen molar-refractivity contribution in [3.8, 4) is 11.3 Å². The number of H-pyrrole nitrogens is 2. The van der Waals surface area contributed by atoms with Crippen LogP contribution < -0.4 is 4.90 Å². The zero-order valence-corrected chi connectivity index (χ0v) is 17.4. The van der Waals surface area contributed by atoms with Gasteiger partial charge in [0, 0.05) is 60.4 Å². The van der Waals surface area contributed by atoms with E-state index in [4.69, 9.17) is 4.98 Å². The first-order valence-corrected chi connectivity index (χ1v) is 11.0. The first-order valence-electron chi connectivity index (χ1n) is 11.0. The van der Waals surface area contributed by atoms with Crippen molar-refractivity contribution in [2.24, 2.45) is 0 Å². The molecule has 4 aromatic heterocycles. The highest BCUT2D eigenvalue weighted by atomic mass is 15.4. The number of hydrogen-bond acceptors (Lipinski definition) is 6. The van der Waals surface area contributed by atoms with E-state index in [2.05, 4.69) is 65.3 Å². The molecule has 32 heavy (non-hydrogen) atoms. The van der Waals surface area contributed by atoms with Crippen LogP contribution in [0.4, 0.5) is 5.82 Å². The molecule has 8 heteroatoms. The van der Waals surface area contributed by atoms with E-state index in [-0.39, 0.29) is 0 Å². The van der Waals surface area contributed by atoms with E-state index in [0.29, 0.717) is 12.1 Å². The predicted molar refractivity (Wildman–Crippen MR) is 123 cm³/mol. The zero-order valence-electron chi connectivity index (χ0n) is 17.4. The summed E-state index contributed by atoms with van der Waals surface area (Å²) in [5, 5.41) is 9.36. The van der Waals surface area contributed by atoms with E-state index >= 15 is 0 Å². The normalized spacial score (nSPS) is 20.7. The molecule has 2 unspecified atom stereocenters. The summed E-state index contributed by atoms with van der Waals surface area (Å²) in [6.45, 7) is 3.04. The lowest BCUT2D eigenvalue weighted by molar-refractivity contribution is -0.00865. The number of aromatic nitrogens is 6. The van der Waals surface area contributed by atoms with Gasteiger partial charge in [-0.25, -0.2) is 15.0 Å². The number of pyridine rings is 1. The van der Waals surface area contributed by atoms with Gasteiger partial charge in [-0.15, -0.1) is 0 Å². The number of nitrogens with one attached hydrogen (secondary N) is 2. The van der Waals surface area contributed by atoms with Crippen molar-refractivity contribution in [1.29, 1.82) is 0 Å². The monoisotopic (exact) mass is 422 g/mol. The summed E-state index contributed by atoms with van der Waals surface area (Å²) in [5.41, 5.74) is 5.22. The van der Waals surface area contributed by atoms with Crippen LogP contribution in [-0.4, -0.2) is 60.2 Å². The molecule has 3 aliphatic rings. The fourth-order valence-corrected chi connectivity index (χ4v) is 5.25. The molecule has 7 heterocycles. The van der Waals surface area contributed by atoms with Crippen molar-refractivity contribution in [1.82, 2.24) is 35.0 Å². The van der Waals surface area contributed by atoms with E-state index < -0.39 is 0 Å². The quantitative estimate of drug-likeness (QED) is 0.462. The highest BCUT2D eigenvalue weighted by molar-refractivity contribution is 5.90. The maximum atomic E-state index is 4.79. The molecule has 0 radical (unpaired) electrons. The molecule has 5 aromatic rings. The Hall–Kier alpha value is -3.78. The van der Waals surface area contributed by atoms with Gasteiger partial charge in [-0.3, -0.25) is 10.00 Å². The average Bonchev–Trinajstić information content (AvgIpc) is 3.51. The van der Waals surface area contributed by atoms with Crippen LogP contribution in [0.5, 0.6) is 0 Å². The fourth-order valence-electron chi connectivity index (χ4n) is 5.25. The number of nitrogens with zero attached hydrogens (tertiary/aromatic N) is 6. The van der Waals surface area contributed by atoms with E-state index in [1.54, 1.807) is 6.33 Å². The van der Waals surface area contributed by atoms with Gasteiger partial charge in [-0.1, -0.05) is 6.07 Å². The molecule has 3 saturated heterocycles. The second-order valence-electron chi connectivity index (χ2n) is 8.78. The van der Waals surface area contributed by atoms with Crippen LogP contribution in [-0.2, 0) is 6.54 Å². The highest BCUT2D eigenvalue weighted by Gasteiger charge is 2.44. The lowest BCUT2D eigenvalue weighted by Crippen LogP contribution is -2.68. The Kier molecular flexibility index (Phi) is 3.83. The summed E-state index contributed by atoms with van der Waals surface area (Å²) in [6.07, 6.45) is 8.59. The lowest BCUT2D eigenvalue weighted by Gasteiger charge is -2.56. The summed E-state index contributed by atoms with van der Waals surface area (Å²) >= 11 is 0. The summed E-state index contributed by atoms with van der Waals surface area (Å²) in [4.78, 5) is 21.7. The van der Waals surface area contributed by atoms with Crippen LogP contribution in [0, 0.1) is 0 Å². The molecule has 8 rings (SSSR count). The van der Waals surface area contributed by atoms with Gasteiger partial charge in [0.25, 0.3) is 0 Å². The van der Waals surface area contributed by atoms with Crippen LogP contribution in [0.25, 0.3) is 33.2 Å². The van der Waals surface area contributed by atoms with Crippen molar-refractivity contribution in [3.63, 3.8) is 0 Å². The summed E-state index contributed by atoms with van der Waals surface area (Å²) < 4.78 is 0. The Morgan fingerprint density at radius 1 is 0.969 bits per heavy atom. The number of rotatable bonds is 4. The van der Waals surface area contributed by atoms with Crippen LogP contribution in [0.1, 0.15) is 12.0 Å². The lowest BCUT2D eigenvalue weighted by atomic mass is 9.86. The SMILES string of the molecule is c1nc(-c2ccc(N3CC4CC(C3)N4Cc3ccc4[nH]ncc4c3)nc2)c2cc[nH]c2n1. The van der Waals surface area contributed by atoms with Gasteiger partial charge in [0.1, 0.15) is 17.8 Å². The Labute approximate surface area is 184 Å². The number of piperidine rings is 1. The predicted octanol–water partition coefficient (Wildman–Crippen LogP) is 3.36. The number of piperazine rings is 1. The molecule has 1 aromatic carbocycles. The molecule has 0 aliphatic carbocycles. The van der Waals surface area contributed by atoms with E-state index in [1.807, 2.05) is 24.7 Å². The topological polar surface area (TPSA) is 89.6 Å². The molecule has 8 nitrogen and oxygen atoms in total. The maximum Gasteiger partial charge on any atom is 0.141 e. The standard InChI is InChI=1S/C24H22N8/c1-3-21-17(10-29-30-21)7-15(1)11-32-18-8-19(32)13-31(12-18)22-4-2-16(9-26-22)23-20-5-6-25-24(20)28-14-27-23/h1-7,9-10,14,18-19H,8,11-13H2,(H,29,30)(H,25,27,28). The molecule has 2 bridgehead atoms. The molecule has 0 spiro atoms. The Bertz CT molecular complexity index is 1410. The third-order valence-corrected chi connectivity index (χ3v) is 6.91. The van der Waals surface area contributed by atoms with E-state index in [1.165, 1.54) is 17.4 Å². The van der Waals surface area contributed by atoms with Crippen LogP contribution in [0.3, 0.4) is 0 Å². The van der Waals surface area contributed by atoms with Gasteiger partial charge in [-0.05, 0) is 42.3 Å². The van der Waals surface area contributed by atoms with Gasteiger partial charge in [0.2, 0.25) is 0 Å². The Balaban J connectivity index is 1.07. The largest absolute Gasteiger partial charge is 0.353 e. The maximum absolute atomic E-state index is 4.79. The van der Waals surface area contributed by atoms with Crippen molar-refractivity contribution in [3.05, 3.63) is 66.9 Å². The molecule has 2 atom stereocenters. The first-order chi connectivity index (χ1) is 15.8. The Morgan fingerprint density at radius 3 is 2.78 bits per heavy atom. The van der Waals surface area contributed by atoms with E-state index in [0.717, 1.165) is 53.3 Å². The van der Waals surface area contributed by atoms with Crippen LogP contribution in [0.2, 0.25) is 0 Å². The van der Waals surface area contributed by atoms with Gasteiger partial charge < -0.3 is 9.88 Å². The molecular formula is C24H22N8. The second kappa shape index (κ2) is 6.86. The van der Waals surface area contributed by atoms with Gasteiger partial charge in [0.15, 0.2) is 0 Å². The minimum absolute atomic E-state index is 0.580. The second-order valence-corrected chi connectivity index (χ2v) is 8.78. The average molecular weight is 422 g/mol. The third-order valence-electron chi connectivity index (χ3n) is 6.91. The number of hydrogen-bond donors (Lipinski definition) is 2. The summed E-state index contributed by atoms with van der Waals surface area (Å²) in [5.74, 6) is 1.04. The molecule has 3 aliphatic heterocycles. The molecular weight excluding hydrogens is 400 g/mol. The first kappa shape index (κ1) is 17.9. The number of anilines is 1. The third kappa shape index (κ3) is 2.80. The molecule has 0 saturated carbocycles. The molecule has 158 valence electrons. The Morgan fingerprint density at radius 2 is 1.91 bits per heavy atom. The smallest absolute Gasteiger partial charge is 0.141 e. The van der Waals surface area contributed by atoms with Gasteiger partial charge in [0.05, 0.1) is 17.4 Å². The number of benzene rings is 1. The van der Waals surface area contributed by atoms with Gasteiger partial charge >= 0.3 is 0 Å². The molecule has 2 N–H and O–H groups in total. The minimum atomic E-state index is 0.580. The van der Waals surface area contributed by atoms with E-state index in [9.17, 15) is 0 Å². The minimum Gasteiger partial charge on any atom is -0.353 e.